The highest BCUT2D eigenvalue weighted by Crippen LogP contribution is 2.51. The summed E-state index contributed by atoms with van der Waals surface area (Å²) in [5.41, 5.74) is 3.05. The van der Waals surface area contributed by atoms with Crippen LogP contribution in [-0.4, -0.2) is 69.6 Å². The van der Waals surface area contributed by atoms with E-state index in [4.69, 9.17) is 4.74 Å². The number of halogens is 1. The Hall–Kier alpha value is -3.72. The predicted octanol–water partition coefficient (Wildman–Crippen LogP) is 3.92. The van der Waals surface area contributed by atoms with Gasteiger partial charge in [-0.05, 0) is 67.6 Å². The summed E-state index contributed by atoms with van der Waals surface area (Å²) < 4.78 is 21.9. The molecule has 3 heterocycles. The zero-order valence-corrected chi connectivity index (χ0v) is 22.9. The number of carbonyl (C=O) groups excluding carboxylic acids is 2. The van der Waals surface area contributed by atoms with E-state index in [2.05, 4.69) is 4.98 Å². The highest BCUT2D eigenvalue weighted by atomic mass is 19.1. The van der Waals surface area contributed by atoms with E-state index >= 15 is 0 Å². The van der Waals surface area contributed by atoms with Crippen LogP contribution in [0.5, 0.6) is 5.75 Å². The van der Waals surface area contributed by atoms with Crippen molar-refractivity contribution in [2.24, 2.45) is 5.41 Å². The number of aliphatic hydroxyl groups excluding tert-OH is 1. The fourth-order valence-corrected chi connectivity index (χ4v) is 6.42. The molecule has 2 fully saturated rings. The van der Waals surface area contributed by atoms with E-state index in [1.165, 1.54) is 19.1 Å². The van der Waals surface area contributed by atoms with E-state index in [9.17, 15) is 19.1 Å². The van der Waals surface area contributed by atoms with Crippen LogP contribution in [0.2, 0.25) is 0 Å². The molecule has 39 heavy (non-hydrogen) atoms. The van der Waals surface area contributed by atoms with Gasteiger partial charge in [0.1, 0.15) is 11.6 Å². The molecule has 0 radical (unpaired) electrons. The van der Waals surface area contributed by atoms with E-state index in [0.717, 1.165) is 22.5 Å². The van der Waals surface area contributed by atoms with E-state index in [1.807, 2.05) is 42.0 Å². The first-order valence-corrected chi connectivity index (χ1v) is 13.3. The number of ether oxygens (including phenoxy) is 1. The SMILES string of the molecule is COc1cc(C2CN(C(C)=O)CC23CCCN(C(CO)c2cc(C)cc(F)c2)C3=O)ccc1-n1cnc(C)c1. The number of aromatic nitrogens is 2. The number of piperidine rings is 1. The maximum Gasteiger partial charge on any atom is 0.231 e. The second kappa shape index (κ2) is 10.4. The van der Waals surface area contributed by atoms with E-state index < -0.39 is 17.3 Å². The quantitative estimate of drug-likeness (QED) is 0.518. The number of hydrogen-bond acceptors (Lipinski definition) is 5. The Morgan fingerprint density at radius 2 is 2.05 bits per heavy atom. The van der Waals surface area contributed by atoms with E-state index in [-0.39, 0.29) is 24.3 Å². The number of nitrogens with zero attached hydrogens (tertiary/aromatic N) is 4. The summed E-state index contributed by atoms with van der Waals surface area (Å²) in [6.45, 7) is 6.08. The van der Waals surface area contributed by atoms with Crippen molar-refractivity contribution in [2.45, 2.75) is 45.6 Å². The highest BCUT2D eigenvalue weighted by molar-refractivity contribution is 5.87. The molecule has 2 aliphatic rings. The van der Waals surface area contributed by atoms with Gasteiger partial charge in [0.15, 0.2) is 0 Å². The van der Waals surface area contributed by atoms with Gasteiger partial charge in [-0.3, -0.25) is 9.59 Å². The molecule has 3 aromatic rings. The molecule has 0 aliphatic carbocycles. The Kier molecular flexibility index (Phi) is 7.20. The molecule has 2 aromatic carbocycles. The van der Waals surface area contributed by atoms with Crippen LogP contribution in [0.3, 0.4) is 0 Å². The standard InChI is InChI=1S/C30H35FN4O4/c1-19-10-23(12-24(31)11-19)27(16-36)35-9-5-8-30(29(35)38)17-33(21(3)37)15-25(30)22-6-7-26(28(13-22)39-4)34-14-20(2)32-18-34/h6-7,10-14,18,25,27,36H,5,8-9,15-17H2,1-4H3. The number of hydrogen-bond donors (Lipinski definition) is 1. The van der Waals surface area contributed by atoms with Crippen LogP contribution in [0, 0.1) is 25.1 Å². The molecule has 206 valence electrons. The van der Waals surface area contributed by atoms with E-state index in [1.54, 1.807) is 30.2 Å². The fraction of sp³-hybridized carbons (Fsp3) is 0.433. The van der Waals surface area contributed by atoms with Gasteiger partial charge < -0.3 is 24.2 Å². The van der Waals surface area contributed by atoms with Crippen LogP contribution in [-0.2, 0) is 9.59 Å². The summed E-state index contributed by atoms with van der Waals surface area (Å²) >= 11 is 0. The average Bonchev–Trinajstić information content (AvgIpc) is 3.51. The second-order valence-corrected chi connectivity index (χ2v) is 10.8. The molecule has 5 rings (SSSR count). The zero-order valence-electron chi connectivity index (χ0n) is 22.9. The number of aryl methyl sites for hydroxylation is 2. The van der Waals surface area contributed by atoms with Crippen LogP contribution < -0.4 is 4.74 Å². The van der Waals surface area contributed by atoms with Crippen molar-refractivity contribution in [2.75, 3.05) is 33.4 Å². The minimum atomic E-state index is -0.863. The molecule has 3 atom stereocenters. The lowest BCUT2D eigenvalue weighted by molar-refractivity contribution is -0.151. The molecular formula is C30H35FN4O4. The van der Waals surface area contributed by atoms with Crippen molar-refractivity contribution in [1.82, 2.24) is 19.4 Å². The van der Waals surface area contributed by atoms with Gasteiger partial charge >= 0.3 is 0 Å². The van der Waals surface area contributed by atoms with Crippen molar-refractivity contribution >= 4 is 11.8 Å². The summed E-state index contributed by atoms with van der Waals surface area (Å²) in [7, 11) is 1.61. The Balaban J connectivity index is 1.55. The monoisotopic (exact) mass is 534 g/mol. The number of rotatable bonds is 6. The van der Waals surface area contributed by atoms with Gasteiger partial charge in [-0.2, -0.15) is 0 Å². The summed E-state index contributed by atoms with van der Waals surface area (Å²) in [6.07, 6.45) is 4.97. The Morgan fingerprint density at radius 3 is 2.69 bits per heavy atom. The third-order valence-electron chi connectivity index (χ3n) is 8.29. The molecule has 8 nitrogen and oxygen atoms in total. The maximum absolute atomic E-state index is 14.4. The third-order valence-corrected chi connectivity index (χ3v) is 8.29. The number of benzene rings is 2. The summed E-state index contributed by atoms with van der Waals surface area (Å²) in [5.74, 6) is -0.220. The van der Waals surface area contributed by atoms with Gasteiger partial charge in [0.25, 0.3) is 0 Å². The minimum Gasteiger partial charge on any atom is -0.495 e. The lowest BCUT2D eigenvalue weighted by Crippen LogP contribution is -2.54. The zero-order chi connectivity index (χ0) is 27.9. The van der Waals surface area contributed by atoms with Crippen molar-refractivity contribution < 1.29 is 23.8 Å². The first kappa shape index (κ1) is 26.9. The smallest absolute Gasteiger partial charge is 0.231 e. The topological polar surface area (TPSA) is 87.9 Å². The number of likely N-dealkylation sites (tertiary alicyclic amines) is 2. The molecule has 0 saturated carbocycles. The Morgan fingerprint density at radius 1 is 1.26 bits per heavy atom. The van der Waals surface area contributed by atoms with Crippen molar-refractivity contribution in [3.8, 4) is 11.4 Å². The minimum absolute atomic E-state index is 0.0845. The van der Waals surface area contributed by atoms with Crippen LogP contribution in [0.15, 0.2) is 48.9 Å². The number of aliphatic hydroxyl groups is 1. The van der Waals surface area contributed by atoms with Crippen molar-refractivity contribution in [3.05, 3.63) is 77.1 Å². The normalized spacial score (nSPS) is 22.0. The van der Waals surface area contributed by atoms with Gasteiger partial charge in [-0.15, -0.1) is 0 Å². The number of carbonyl (C=O) groups is 2. The van der Waals surface area contributed by atoms with Crippen LogP contribution >= 0.6 is 0 Å². The molecule has 2 aliphatic heterocycles. The Labute approximate surface area is 228 Å². The molecule has 1 N–H and O–H groups in total. The molecule has 3 unspecified atom stereocenters. The van der Waals surface area contributed by atoms with E-state index in [0.29, 0.717) is 43.8 Å². The Bertz CT molecular complexity index is 1390. The van der Waals surface area contributed by atoms with Gasteiger partial charge in [0.2, 0.25) is 11.8 Å². The third kappa shape index (κ3) is 4.80. The van der Waals surface area contributed by atoms with Crippen LogP contribution in [0.4, 0.5) is 4.39 Å². The molecule has 0 bridgehead atoms. The van der Waals surface area contributed by atoms with Crippen molar-refractivity contribution in [3.63, 3.8) is 0 Å². The lowest BCUT2D eigenvalue weighted by Gasteiger charge is -2.45. The first-order valence-electron chi connectivity index (χ1n) is 13.3. The van der Waals surface area contributed by atoms with Crippen LogP contribution in [0.25, 0.3) is 5.69 Å². The molecular weight excluding hydrogens is 499 g/mol. The maximum atomic E-state index is 14.4. The predicted molar refractivity (Wildman–Crippen MR) is 144 cm³/mol. The summed E-state index contributed by atoms with van der Waals surface area (Å²) in [5, 5.41) is 10.4. The van der Waals surface area contributed by atoms with Gasteiger partial charge in [-0.25, -0.2) is 9.37 Å². The summed E-state index contributed by atoms with van der Waals surface area (Å²) in [6, 6.07) is 9.86. The van der Waals surface area contributed by atoms with Crippen molar-refractivity contribution in [1.29, 1.82) is 0 Å². The van der Waals surface area contributed by atoms with Gasteiger partial charge in [0.05, 0.1) is 42.9 Å². The fourth-order valence-electron chi connectivity index (χ4n) is 6.42. The highest BCUT2D eigenvalue weighted by Gasteiger charge is 2.56. The molecule has 1 spiro atoms. The first-order chi connectivity index (χ1) is 18.7. The molecule has 9 heteroatoms. The average molecular weight is 535 g/mol. The van der Waals surface area contributed by atoms with Gasteiger partial charge in [0, 0.05) is 38.7 Å². The largest absolute Gasteiger partial charge is 0.495 e. The summed E-state index contributed by atoms with van der Waals surface area (Å²) in [4.78, 5) is 34.7. The number of amides is 2. The lowest BCUT2D eigenvalue weighted by atomic mass is 9.68. The molecule has 2 saturated heterocycles. The second-order valence-electron chi connectivity index (χ2n) is 10.8. The van der Waals surface area contributed by atoms with Crippen LogP contribution in [0.1, 0.15) is 54.1 Å². The molecule has 1 aromatic heterocycles. The number of methoxy groups -OCH3 is 1. The van der Waals surface area contributed by atoms with Gasteiger partial charge in [-0.1, -0.05) is 12.1 Å². The number of imidazole rings is 1. The molecule has 2 amide bonds.